The maximum atomic E-state index is 13.8. The summed E-state index contributed by atoms with van der Waals surface area (Å²) in [5, 5.41) is 2.96. The molecule has 220 valence electrons. The van der Waals surface area contributed by atoms with Gasteiger partial charge in [0.1, 0.15) is 5.56 Å². The third-order valence-corrected chi connectivity index (χ3v) is 9.20. The Labute approximate surface area is 238 Å². The third-order valence-electron chi connectivity index (χ3n) is 6.40. The van der Waals surface area contributed by atoms with Crippen LogP contribution in [0.3, 0.4) is 0 Å². The molecule has 0 aliphatic carbocycles. The monoisotopic (exact) mass is 611 g/mol. The van der Waals surface area contributed by atoms with Crippen molar-refractivity contribution in [1.82, 2.24) is 20.3 Å². The second-order valence-electron chi connectivity index (χ2n) is 9.52. The van der Waals surface area contributed by atoms with Gasteiger partial charge in [0.25, 0.3) is 5.91 Å². The first-order valence-corrected chi connectivity index (χ1v) is 15.2. The normalized spacial score (nSPS) is 15.2. The number of nitrogens with one attached hydrogen (secondary N) is 1. The summed E-state index contributed by atoms with van der Waals surface area (Å²) in [6.45, 7) is 6.96. The number of amides is 1. The van der Waals surface area contributed by atoms with Gasteiger partial charge in [0.15, 0.2) is 20.5 Å². The van der Waals surface area contributed by atoms with Crippen LogP contribution < -0.4 is 10.2 Å². The number of fused-ring (bicyclic) bond motifs is 1. The van der Waals surface area contributed by atoms with Crippen LogP contribution in [0.5, 0.6) is 0 Å². The predicted octanol–water partition coefficient (Wildman–Crippen LogP) is 4.57. The van der Waals surface area contributed by atoms with Crippen molar-refractivity contribution in [3.63, 3.8) is 0 Å². The van der Waals surface area contributed by atoms with Gasteiger partial charge in [0.2, 0.25) is 5.95 Å². The van der Waals surface area contributed by atoms with E-state index in [4.69, 9.17) is 4.74 Å². The molecule has 2 aromatic heterocycles. The van der Waals surface area contributed by atoms with Crippen LogP contribution in [-0.4, -0.2) is 47.6 Å². The van der Waals surface area contributed by atoms with E-state index in [1.165, 1.54) is 19.1 Å². The molecule has 0 unspecified atom stereocenters. The van der Waals surface area contributed by atoms with E-state index in [9.17, 15) is 31.2 Å². The smallest absolute Gasteiger partial charge is 0.434 e. The Morgan fingerprint density at radius 2 is 1.85 bits per heavy atom. The fourth-order valence-corrected chi connectivity index (χ4v) is 6.30. The van der Waals surface area contributed by atoms with E-state index in [0.717, 1.165) is 17.5 Å². The molecule has 3 aromatic rings. The van der Waals surface area contributed by atoms with Gasteiger partial charge in [-0.1, -0.05) is 32.9 Å². The van der Waals surface area contributed by atoms with Gasteiger partial charge in [-0.15, -0.1) is 11.3 Å². The first-order valence-electron chi connectivity index (χ1n) is 12.7. The summed E-state index contributed by atoms with van der Waals surface area (Å²) in [6, 6.07) is 5.72. The highest BCUT2D eigenvalue weighted by Crippen LogP contribution is 2.43. The topological polar surface area (TPSA) is 131 Å². The zero-order chi connectivity index (χ0) is 30.1. The highest BCUT2D eigenvalue weighted by molar-refractivity contribution is 7.91. The molecular formula is C26H28F3N5O5S2. The molecule has 10 nitrogen and oxygen atoms in total. The number of hydrogen-bond donors (Lipinski definition) is 1. The number of rotatable bonds is 9. The van der Waals surface area contributed by atoms with Gasteiger partial charge in [0, 0.05) is 12.7 Å². The Morgan fingerprint density at radius 3 is 2.44 bits per heavy atom. The molecule has 4 rings (SSSR count). The standard InChI is InChI=1S/C26H28F3N5O5S2/c1-5-39-24(36)17-12-31-25(33-21(17)26(27,28)29)34-13-18-19(20(34)14(3)4)32-23(40-18)22(35)30-11-15-7-9-16(10-8-15)41(37,38)6-2/h7-10,12,14,20H,5-6,11,13H2,1-4H3,(H,30,35)/t20-/m0/s1. The number of nitrogens with zero attached hydrogens (tertiary/aromatic N) is 4. The summed E-state index contributed by atoms with van der Waals surface area (Å²) in [5.74, 6) is -1.95. The second kappa shape index (κ2) is 11.7. The SMILES string of the molecule is CCOC(=O)c1cnc(N2Cc3sc(C(=O)NCc4ccc(S(=O)(=O)CC)cc4)nc3[C@@H]2C(C)C)nc1C(F)(F)F. The highest BCUT2D eigenvalue weighted by atomic mass is 32.2. The number of anilines is 1. The minimum absolute atomic E-state index is 0.0128. The first kappa shape index (κ1) is 30.4. The maximum absolute atomic E-state index is 13.8. The van der Waals surface area contributed by atoms with Crippen molar-refractivity contribution in [3.05, 3.63) is 62.9 Å². The molecule has 0 saturated heterocycles. The Bertz CT molecular complexity index is 1560. The van der Waals surface area contributed by atoms with E-state index in [1.54, 1.807) is 24.0 Å². The molecular weight excluding hydrogens is 583 g/mol. The molecule has 15 heteroatoms. The van der Waals surface area contributed by atoms with E-state index >= 15 is 0 Å². The number of carbonyl (C=O) groups excluding carboxylic acids is 2. The Morgan fingerprint density at radius 1 is 1.17 bits per heavy atom. The van der Waals surface area contributed by atoms with E-state index in [1.807, 2.05) is 13.8 Å². The van der Waals surface area contributed by atoms with Gasteiger partial charge in [-0.25, -0.2) is 28.2 Å². The fourth-order valence-electron chi connectivity index (χ4n) is 4.40. The molecule has 1 aliphatic heterocycles. The molecule has 41 heavy (non-hydrogen) atoms. The van der Waals surface area contributed by atoms with Crippen molar-refractivity contribution in [2.75, 3.05) is 17.3 Å². The number of esters is 1. The van der Waals surface area contributed by atoms with E-state index in [-0.39, 0.29) is 47.2 Å². The average Bonchev–Trinajstić information content (AvgIpc) is 3.49. The lowest BCUT2D eigenvalue weighted by atomic mass is 10.0. The van der Waals surface area contributed by atoms with Gasteiger partial charge in [0.05, 0.1) is 40.4 Å². The molecule has 0 spiro atoms. The van der Waals surface area contributed by atoms with Crippen LogP contribution in [0.25, 0.3) is 0 Å². The lowest BCUT2D eigenvalue weighted by molar-refractivity contribution is -0.141. The summed E-state index contributed by atoms with van der Waals surface area (Å²) in [4.78, 5) is 39.7. The molecule has 1 amide bonds. The van der Waals surface area contributed by atoms with Crippen LogP contribution in [0.4, 0.5) is 19.1 Å². The van der Waals surface area contributed by atoms with Gasteiger partial charge in [-0.05, 0) is 30.5 Å². The second-order valence-corrected chi connectivity index (χ2v) is 12.9. The quantitative estimate of drug-likeness (QED) is 0.346. The summed E-state index contributed by atoms with van der Waals surface area (Å²) < 4.78 is 70.1. The van der Waals surface area contributed by atoms with Crippen LogP contribution in [-0.2, 0) is 33.8 Å². The number of alkyl halides is 3. The fraction of sp³-hybridized carbons (Fsp3) is 0.423. The molecule has 1 atom stereocenters. The third kappa shape index (κ3) is 6.35. The average molecular weight is 612 g/mol. The van der Waals surface area contributed by atoms with Crippen molar-refractivity contribution in [2.45, 2.75) is 57.9 Å². The lowest BCUT2D eigenvalue weighted by Gasteiger charge is -2.28. The molecule has 0 radical (unpaired) electrons. The predicted molar refractivity (Wildman–Crippen MR) is 144 cm³/mol. The number of carbonyl (C=O) groups is 2. The van der Waals surface area contributed by atoms with E-state index in [2.05, 4.69) is 20.3 Å². The summed E-state index contributed by atoms with van der Waals surface area (Å²) in [6.07, 6.45) is -4.09. The first-order chi connectivity index (χ1) is 19.3. The number of sulfone groups is 1. The largest absolute Gasteiger partial charge is 0.462 e. The van der Waals surface area contributed by atoms with Crippen LogP contribution in [0.15, 0.2) is 35.4 Å². The van der Waals surface area contributed by atoms with E-state index in [0.29, 0.717) is 16.1 Å². The van der Waals surface area contributed by atoms with Crippen LogP contribution in [0.2, 0.25) is 0 Å². The molecule has 0 saturated carbocycles. The number of thiazole rings is 1. The number of halogens is 3. The molecule has 0 bridgehead atoms. The Kier molecular flexibility index (Phi) is 8.68. The van der Waals surface area contributed by atoms with Crippen LogP contribution in [0, 0.1) is 5.92 Å². The lowest BCUT2D eigenvalue weighted by Crippen LogP contribution is -2.30. The summed E-state index contributed by atoms with van der Waals surface area (Å²) in [5.41, 5.74) is -0.896. The van der Waals surface area contributed by atoms with Crippen molar-refractivity contribution in [3.8, 4) is 0 Å². The number of aromatic nitrogens is 3. The van der Waals surface area contributed by atoms with Crippen LogP contribution in [0.1, 0.15) is 75.7 Å². The van der Waals surface area contributed by atoms with Gasteiger partial charge >= 0.3 is 12.1 Å². The van der Waals surface area contributed by atoms with Crippen molar-refractivity contribution < 1.29 is 35.9 Å². The number of benzene rings is 1. The highest BCUT2D eigenvalue weighted by Gasteiger charge is 2.42. The molecule has 3 heterocycles. The van der Waals surface area contributed by atoms with Crippen LogP contribution >= 0.6 is 11.3 Å². The number of ether oxygens (including phenoxy) is 1. The van der Waals surface area contributed by atoms with E-state index < -0.39 is 45.2 Å². The molecule has 1 aliphatic rings. The van der Waals surface area contributed by atoms with Crippen molar-refractivity contribution in [2.24, 2.45) is 5.92 Å². The Hall–Kier alpha value is -3.59. The van der Waals surface area contributed by atoms with Gasteiger partial charge in [-0.2, -0.15) is 13.2 Å². The molecule has 1 N–H and O–H groups in total. The Balaban J connectivity index is 1.53. The maximum Gasteiger partial charge on any atom is 0.434 e. The van der Waals surface area contributed by atoms with Crippen molar-refractivity contribution >= 4 is 39.0 Å². The minimum atomic E-state index is -4.91. The zero-order valence-corrected chi connectivity index (χ0v) is 24.3. The minimum Gasteiger partial charge on any atom is -0.462 e. The van der Waals surface area contributed by atoms with Crippen molar-refractivity contribution in [1.29, 1.82) is 0 Å². The van der Waals surface area contributed by atoms with Gasteiger partial charge < -0.3 is 15.0 Å². The summed E-state index contributed by atoms with van der Waals surface area (Å²) >= 11 is 1.12. The molecule has 0 fully saturated rings. The summed E-state index contributed by atoms with van der Waals surface area (Å²) in [7, 11) is -3.33. The van der Waals surface area contributed by atoms with Gasteiger partial charge in [-0.3, -0.25) is 4.79 Å². The zero-order valence-electron chi connectivity index (χ0n) is 22.7. The molecule has 1 aromatic carbocycles. The number of hydrogen-bond acceptors (Lipinski definition) is 10.